The van der Waals surface area contributed by atoms with Crippen molar-refractivity contribution in [1.82, 2.24) is 0 Å². The Morgan fingerprint density at radius 2 is 0.731 bits per heavy atom. The van der Waals surface area contributed by atoms with E-state index in [0.29, 0.717) is 41.6 Å². The summed E-state index contributed by atoms with van der Waals surface area (Å²) in [5.41, 5.74) is -14.2. The van der Waals surface area contributed by atoms with Crippen LogP contribution in [0.1, 0.15) is 167 Å². The van der Waals surface area contributed by atoms with Gasteiger partial charge in [-0.25, -0.2) is 0 Å². The normalized spacial score (nSPS) is 45.9. The van der Waals surface area contributed by atoms with Crippen LogP contribution < -0.4 is 0 Å². The number of fused-ring (bicyclic) bond motifs is 15. The molecule has 36 heteroatoms. The molecule has 3 unspecified atom stereocenters. The molecule has 0 amide bonds. The first kappa shape index (κ1) is 106. The van der Waals surface area contributed by atoms with E-state index < -0.39 is 193 Å². The number of carbonyl (C=O) groups is 5. The van der Waals surface area contributed by atoms with Crippen LogP contribution in [0.25, 0.3) is 0 Å². The topological polar surface area (TPSA) is 371 Å². The quantitative estimate of drug-likeness (QED) is 0.0367. The molecule has 598 valence electrons. The molecule has 12 rings (SSSR count). The van der Waals surface area contributed by atoms with Crippen molar-refractivity contribution >= 4 is 94.2 Å². The van der Waals surface area contributed by atoms with Gasteiger partial charge in [-0.3, -0.25) is 24.0 Å². The minimum atomic E-state index is -1.81. The van der Waals surface area contributed by atoms with E-state index in [1.165, 1.54) is 20.8 Å². The third kappa shape index (κ3) is 18.0. The summed E-state index contributed by atoms with van der Waals surface area (Å²) >= 11 is 7.77. The molecule has 108 heavy (non-hydrogen) atoms. The van der Waals surface area contributed by atoms with Crippen LogP contribution in [-0.4, -0.2) is 232 Å². The molecule has 3 heterocycles. The summed E-state index contributed by atoms with van der Waals surface area (Å²) in [4.78, 5) is 65.3. The molecule has 24 nitrogen and oxygen atoms in total. The monoisotopic (exact) mass is 3230 g/mol. The average molecular weight is 3230 g/mol. The standard InChI is InChI=1S/C24H38O8S.2C24H36O8S.6Ac.2HI.Sm/c3*1-11-8-15-23(28,10-30-15)18-20(31-13(3)25)24(29)9-14(32-33-7)12(2)16(21(24,4)5)17(26)19(27)22(11,18)6;;;;;;;;;/h11,14-15,17-20,26-29H,8-10H2,1-7H3;2*11,14-15,18-20,27-29H,8-10H2,1-7H3;;;;;;;2*1H;/q;;;;;;;;;;;+2/p-2/t11-,14-,15+,17+,18?,19+,20-,22+,23-,24+;2*11-,14-,15+,18?,19+,20-,22+,23-,24+;;;;;;;;;/m000........./s1/i3*7T;;;;;;;;;. The zero-order valence-corrected chi connectivity index (χ0v) is 103. The molecule has 9 aliphatic carbocycles. The van der Waals surface area contributed by atoms with Gasteiger partial charge >= 0.3 is 71.9 Å². The van der Waals surface area contributed by atoms with E-state index in [0.717, 1.165) is 36.1 Å². The van der Waals surface area contributed by atoms with Crippen LogP contribution >= 0.6 is 64.7 Å². The number of aliphatic hydroxyl groups is 10. The predicted octanol–water partition coefficient (Wildman–Crippen LogP) is 6.95. The summed E-state index contributed by atoms with van der Waals surface area (Å²) in [7, 11) is 0. The van der Waals surface area contributed by atoms with E-state index in [2.05, 4.69) is 28.6 Å². The molecule has 10 N–H and O–H groups in total. The number of rotatable bonds is 9. The average Bonchev–Trinajstić information content (AvgIpc) is 0.684. The molecule has 3 aliphatic heterocycles. The van der Waals surface area contributed by atoms with Gasteiger partial charge in [-0.15, -0.1) is 0 Å². The van der Waals surface area contributed by atoms with Gasteiger partial charge in [0.05, 0.1) is 62.5 Å². The maximum absolute atomic E-state index is 14.0. The second-order valence-electron chi connectivity index (χ2n) is 33.5. The van der Waals surface area contributed by atoms with E-state index in [4.69, 9.17) is 45.1 Å². The van der Waals surface area contributed by atoms with Crippen molar-refractivity contribution in [2.75, 3.05) is 38.5 Å². The number of ketones is 2. The van der Waals surface area contributed by atoms with Gasteiger partial charge in [0, 0.05) is 389 Å². The van der Waals surface area contributed by atoms with Crippen LogP contribution in [0.2, 0.25) is 0 Å². The van der Waals surface area contributed by atoms with E-state index in [1.807, 2.05) is 20.8 Å². The fourth-order valence-electron chi connectivity index (χ4n) is 21.7. The molecular weight excluding hydrogens is 3110 g/mol. The van der Waals surface area contributed by atoms with Crippen LogP contribution in [-0.2, 0) is 64.9 Å². The van der Waals surface area contributed by atoms with Gasteiger partial charge < -0.3 is 92.0 Å². The Morgan fingerprint density at radius 1 is 0.472 bits per heavy atom. The Balaban J connectivity index is 0.000000412. The van der Waals surface area contributed by atoms with Gasteiger partial charge in [0.15, 0.2) is 11.6 Å². The molecule has 3 saturated heterocycles. The van der Waals surface area contributed by atoms with Crippen molar-refractivity contribution < 1.29 is 410 Å². The molecule has 0 aromatic rings. The zero-order valence-electron chi connectivity index (χ0n) is 68.0. The number of ether oxygens (including phenoxy) is 6. The van der Waals surface area contributed by atoms with Crippen LogP contribution in [0.5, 0.6) is 0 Å². The summed E-state index contributed by atoms with van der Waals surface area (Å²) in [5.74, 6) is -6.57. The van der Waals surface area contributed by atoms with E-state index in [-0.39, 0.29) is 377 Å². The molecule has 6 bridgehead atoms. The van der Waals surface area contributed by atoms with Crippen molar-refractivity contribution in [2.24, 2.45) is 68.0 Å². The third-order valence-corrected chi connectivity index (χ3v) is 29.3. The summed E-state index contributed by atoms with van der Waals surface area (Å²) in [6.07, 6.45) is -12.1. The van der Waals surface area contributed by atoms with Gasteiger partial charge in [-0.05, 0) is 116 Å². The fourth-order valence-corrected chi connectivity index (χ4v) is 22.8. The number of Topliss-reactive ketones (excluding diaryl/α,β-unsaturated/α-hetero) is 2. The Morgan fingerprint density at radius 3 is 0.991 bits per heavy atom. The summed E-state index contributed by atoms with van der Waals surface area (Å²) < 4.78 is 74.5. The van der Waals surface area contributed by atoms with Crippen molar-refractivity contribution in [3.8, 4) is 0 Å². The van der Waals surface area contributed by atoms with Crippen molar-refractivity contribution in [1.29, 1.82) is 0 Å². The molecule has 9 fully saturated rings. The van der Waals surface area contributed by atoms with Gasteiger partial charge in [0.1, 0.15) is 70.2 Å². The number of halogens is 2. The first-order valence-corrected chi connectivity index (χ1v) is 52.5. The van der Waals surface area contributed by atoms with Crippen LogP contribution in [0, 0.1) is 358 Å². The van der Waals surface area contributed by atoms with Gasteiger partial charge in [-0.2, -0.15) is 0 Å². The van der Waals surface area contributed by atoms with Crippen molar-refractivity contribution in [3.05, 3.63) is 33.4 Å². The van der Waals surface area contributed by atoms with Crippen LogP contribution in [0.4, 0.5) is 0 Å². The van der Waals surface area contributed by atoms with E-state index in [1.54, 1.807) is 83.1 Å². The van der Waals surface area contributed by atoms with Gasteiger partial charge in [0.2, 0.25) is 0 Å². The second kappa shape index (κ2) is 41.1. The molecule has 12 aliphatic rings. The van der Waals surface area contributed by atoms with Crippen molar-refractivity contribution in [3.63, 3.8) is 0 Å². The van der Waals surface area contributed by atoms with Crippen LogP contribution in [0.3, 0.4) is 0 Å². The summed E-state index contributed by atoms with van der Waals surface area (Å²) in [5, 5.41) is 120. The number of aliphatic hydroxyl groups excluding tert-OH is 4. The van der Waals surface area contributed by atoms with Crippen molar-refractivity contribution in [2.45, 2.75) is 276 Å². The molecule has 0 aromatic carbocycles. The zero-order chi connectivity index (χ0) is 79.0. The third-order valence-electron chi connectivity index (χ3n) is 28.2. The first-order valence-electron chi connectivity index (χ1n) is 36.8. The first-order chi connectivity index (χ1) is 48.4. The molecule has 0 aromatic heterocycles. The minimum absolute atomic E-state index is 0. The molecule has 6 radical (unpaired) electrons. The second-order valence-corrected chi connectivity index (χ2v) is 54.2. The van der Waals surface area contributed by atoms with Gasteiger partial charge in [0.25, 0.3) is 0 Å². The number of esters is 3. The Labute approximate surface area is 901 Å². The maximum atomic E-state index is 14.0. The van der Waals surface area contributed by atoms with E-state index >= 15 is 0 Å². The Kier molecular flexibility index (Phi) is 40.2. The summed E-state index contributed by atoms with van der Waals surface area (Å²) in [6, 6.07) is 0. The SMILES string of the molecule is [3H]CSO[C@H]1C[C@@]2(O)[C@@H](OC(C)=O)C3[C@](C)([C@H](O)C(=O)C(=C1C)C2(C)C)[C@@H](C)C[C@H]1OC[C@@]31O.[3H]CSO[C@H]1C[C@@]2(O)[C@@H](OC(C)=O)C3[C@](C)([C@H](O)C(=O)C(=C1C)C2(C)C)[C@@H](C)C[C@H]1OC[C@@]31O.[3H]CSO[C@H]1C[C@@]2(O)[C@@H](OC(C)=O)C3[C@](C)([C@H](O)[C@H](O)C(=C1C)C2(C)C)[C@@H](C)C[C@H]1OC[C@@]31O.[Ac].[Ac].[Ac].[Ac].[Ac].[Ac].[I][Sm][I]. The van der Waals surface area contributed by atoms with Gasteiger partial charge in [-0.1, -0.05) is 83.1 Å². The molecule has 28 atom stereocenters. The van der Waals surface area contributed by atoms with E-state index in [9.17, 15) is 75.0 Å². The summed E-state index contributed by atoms with van der Waals surface area (Å²) in [6.45, 7) is 30.3. The molecule has 0 spiro atoms. The van der Waals surface area contributed by atoms with Crippen LogP contribution in [0.15, 0.2) is 33.4 Å². The molecular formula is C72H110Ac6I2O24S3Sm. The number of carbonyl (C=O) groups excluding carboxylic acids is 5. The number of hydrogen-bond acceptors (Lipinski definition) is 27. The predicted molar refractivity (Wildman–Crippen MR) is 392 cm³/mol. The fraction of sp³-hybridized carbons (Fsp3) is 0.847. The Hall–Kier alpha value is 8.83. The molecule has 6 saturated carbocycles. The Bertz CT molecular complexity index is 3340. The number of hydrogen-bond donors (Lipinski definition) is 10.